The molecule has 0 radical (unpaired) electrons. The van der Waals surface area contributed by atoms with Crippen molar-refractivity contribution in [1.82, 2.24) is 0 Å². The van der Waals surface area contributed by atoms with Crippen LogP contribution in [0.1, 0.15) is 0 Å². The first-order valence-corrected chi connectivity index (χ1v) is 10.5. The highest BCUT2D eigenvalue weighted by Crippen LogP contribution is 2.41. The quantitative estimate of drug-likeness (QED) is 0.245. The summed E-state index contributed by atoms with van der Waals surface area (Å²) in [5.41, 5.74) is -0.127. The summed E-state index contributed by atoms with van der Waals surface area (Å²) in [6, 6.07) is 11.7. The van der Waals surface area contributed by atoms with Gasteiger partial charge in [0.2, 0.25) is 0 Å². The molecule has 10 nitrogen and oxygen atoms in total. The summed E-state index contributed by atoms with van der Waals surface area (Å²) in [6.07, 6.45) is -4.84. The van der Waals surface area contributed by atoms with E-state index in [9.17, 15) is 35.5 Å². The van der Waals surface area contributed by atoms with Gasteiger partial charge in [-0.3, -0.25) is 20.2 Å². The number of ether oxygens (including phenoxy) is 1. The summed E-state index contributed by atoms with van der Waals surface area (Å²) in [4.78, 5) is 22.0. The van der Waals surface area contributed by atoms with E-state index in [0.29, 0.717) is 9.79 Å². The standard InChI is InChI=1S/C18H18N2O8S2/c21-14-9-28-17(16(23)15(14)22)18(29-12-5-1-10(2-6-12)19(24)25)30-13-7-3-11(4-8-13)20(26)27/h1-8,14-18,21-23H,9H2/t14-,15-,16+,17+/m1/s1. The van der Waals surface area contributed by atoms with Gasteiger partial charge in [0.05, 0.1) is 21.0 Å². The first-order valence-electron chi connectivity index (χ1n) is 8.74. The van der Waals surface area contributed by atoms with Gasteiger partial charge in [-0.05, 0) is 24.3 Å². The third-order valence-electron chi connectivity index (χ3n) is 4.41. The molecule has 0 saturated carbocycles. The van der Waals surface area contributed by atoms with E-state index in [1.807, 2.05) is 0 Å². The molecule has 30 heavy (non-hydrogen) atoms. The molecule has 2 aromatic rings. The highest BCUT2D eigenvalue weighted by Gasteiger charge is 2.42. The van der Waals surface area contributed by atoms with Gasteiger partial charge in [-0.15, -0.1) is 23.5 Å². The third kappa shape index (κ3) is 5.28. The Bertz CT molecular complexity index is 837. The Kier molecular flexibility index (Phi) is 7.28. The van der Waals surface area contributed by atoms with E-state index in [1.165, 1.54) is 47.8 Å². The van der Waals surface area contributed by atoms with Crippen LogP contribution >= 0.6 is 23.5 Å². The Hall–Kier alpha value is -2.22. The van der Waals surface area contributed by atoms with E-state index in [2.05, 4.69) is 0 Å². The maximum Gasteiger partial charge on any atom is 0.269 e. The lowest BCUT2D eigenvalue weighted by Crippen LogP contribution is -2.55. The molecule has 3 N–H and O–H groups in total. The lowest BCUT2D eigenvalue weighted by molar-refractivity contribution is -0.385. The molecule has 12 heteroatoms. The van der Waals surface area contributed by atoms with Crippen LogP contribution in [-0.2, 0) is 4.74 Å². The van der Waals surface area contributed by atoms with Crippen LogP contribution in [0.3, 0.4) is 0 Å². The number of hydrogen-bond donors (Lipinski definition) is 3. The number of aliphatic hydroxyl groups is 3. The third-order valence-corrected chi connectivity index (χ3v) is 7.08. The molecule has 1 heterocycles. The van der Waals surface area contributed by atoms with Crippen LogP contribution < -0.4 is 0 Å². The molecule has 0 bridgehead atoms. The Labute approximate surface area is 179 Å². The van der Waals surface area contributed by atoms with E-state index in [0.717, 1.165) is 0 Å². The number of nitro benzene ring substituents is 2. The van der Waals surface area contributed by atoms with Crippen LogP contribution in [0.2, 0.25) is 0 Å². The number of non-ortho nitro benzene ring substituents is 2. The molecule has 160 valence electrons. The Morgan fingerprint density at radius 1 is 0.833 bits per heavy atom. The van der Waals surface area contributed by atoms with Gasteiger partial charge in [0.25, 0.3) is 11.4 Å². The number of benzene rings is 2. The van der Waals surface area contributed by atoms with Gasteiger partial charge in [-0.1, -0.05) is 0 Å². The van der Waals surface area contributed by atoms with Crippen molar-refractivity contribution in [3.05, 3.63) is 68.8 Å². The average molecular weight is 454 g/mol. The Balaban J connectivity index is 1.84. The minimum Gasteiger partial charge on any atom is -0.388 e. The highest BCUT2D eigenvalue weighted by molar-refractivity contribution is 8.17. The second kappa shape index (κ2) is 9.73. The van der Waals surface area contributed by atoms with Gasteiger partial charge < -0.3 is 20.1 Å². The van der Waals surface area contributed by atoms with E-state index in [1.54, 1.807) is 24.3 Å². The van der Waals surface area contributed by atoms with Crippen LogP contribution in [0.4, 0.5) is 11.4 Å². The maximum atomic E-state index is 10.9. The highest BCUT2D eigenvalue weighted by atomic mass is 32.2. The zero-order chi connectivity index (χ0) is 21.8. The number of hydrogen-bond acceptors (Lipinski definition) is 10. The molecule has 0 amide bonds. The molecule has 0 spiro atoms. The second-order valence-electron chi connectivity index (χ2n) is 6.45. The molecule has 2 aromatic carbocycles. The summed E-state index contributed by atoms with van der Waals surface area (Å²) in [6.45, 7) is -0.166. The van der Waals surface area contributed by atoms with E-state index < -0.39 is 38.8 Å². The van der Waals surface area contributed by atoms with Crippen molar-refractivity contribution in [3.8, 4) is 0 Å². The van der Waals surface area contributed by atoms with Crippen molar-refractivity contribution in [1.29, 1.82) is 0 Å². The second-order valence-corrected chi connectivity index (χ2v) is 9.18. The van der Waals surface area contributed by atoms with Gasteiger partial charge in [-0.2, -0.15) is 0 Å². The molecule has 1 aliphatic rings. The molecule has 1 fully saturated rings. The van der Waals surface area contributed by atoms with Crippen LogP contribution in [0.5, 0.6) is 0 Å². The number of thioether (sulfide) groups is 2. The van der Waals surface area contributed by atoms with Crippen LogP contribution in [0.15, 0.2) is 58.3 Å². The normalized spacial score (nSPS) is 24.0. The summed E-state index contributed by atoms with van der Waals surface area (Å²) in [7, 11) is 0. The lowest BCUT2D eigenvalue weighted by atomic mass is 10.0. The predicted octanol–water partition coefficient (Wildman–Crippen LogP) is 2.20. The summed E-state index contributed by atoms with van der Waals surface area (Å²) < 4.78 is 5.06. The van der Waals surface area contributed by atoms with Crippen molar-refractivity contribution in [2.24, 2.45) is 0 Å². The molecule has 3 rings (SSSR count). The van der Waals surface area contributed by atoms with Crippen LogP contribution in [0, 0.1) is 20.2 Å². The van der Waals surface area contributed by atoms with Gasteiger partial charge in [0, 0.05) is 34.1 Å². The van der Waals surface area contributed by atoms with Crippen LogP contribution in [0.25, 0.3) is 0 Å². The van der Waals surface area contributed by atoms with Crippen molar-refractivity contribution >= 4 is 34.9 Å². The summed E-state index contributed by atoms with van der Waals surface area (Å²) >= 11 is 2.51. The number of nitrogens with zero attached hydrogens (tertiary/aromatic N) is 2. The average Bonchev–Trinajstić information content (AvgIpc) is 2.72. The van der Waals surface area contributed by atoms with E-state index in [-0.39, 0.29) is 18.0 Å². The largest absolute Gasteiger partial charge is 0.388 e. The number of rotatable bonds is 7. The first kappa shape index (κ1) is 22.5. The molecule has 1 saturated heterocycles. The molecule has 1 aliphatic heterocycles. The smallest absolute Gasteiger partial charge is 0.269 e. The lowest BCUT2D eigenvalue weighted by Gasteiger charge is -2.38. The number of nitro groups is 2. The van der Waals surface area contributed by atoms with E-state index in [4.69, 9.17) is 4.74 Å². The maximum absolute atomic E-state index is 10.9. The van der Waals surface area contributed by atoms with Crippen LogP contribution in [-0.4, -0.2) is 60.8 Å². The summed E-state index contributed by atoms with van der Waals surface area (Å²) in [5.74, 6) is 0. The molecule has 0 unspecified atom stereocenters. The van der Waals surface area contributed by atoms with Crippen molar-refractivity contribution in [2.75, 3.05) is 6.61 Å². The van der Waals surface area contributed by atoms with E-state index >= 15 is 0 Å². The molecular formula is C18H18N2O8S2. The first-order chi connectivity index (χ1) is 14.3. The van der Waals surface area contributed by atoms with Crippen molar-refractivity contribution < 1.29 is 29.9 Å². The molecular weight excluding hydrogens is 436 g/mol. The predicted molar refractivity (Wildman–Crippen MR) is 109 cm³/mol. The van der Waals surface area contributed by atoms with Crippen molar-refractivity contribution in [2.45, 2.75) is 38.8 Å². The Morgan fingerprint density at radius 3 is 1.67 bits per heavy atom. The molecule has 4 atom stereocenters. The fraction of sp³-hybridized carbons (Fsp3) is 0.333. The molecule has 0 aromatic heterocycles. The topological polar surface area (TPSA) is 156 Å². The Morgan fingerprint density at radius 2 is 1.27 bits per heavy atom. The number of aliphatic hydroxyl groups excluding tert-OH is 3. The molecule has 0 aliphatic carbocycles. The van der Waals surface area contributed by atoms with Gasteiger partial charge in [-0.25, -0.2) is 0 Å². The fourth-order valence-electron chi connectivity index (χ4n) is 2.79. The minimum atomic E-state index is -1.39. The SMILES string of the molecule is O=[N+]([O-])c1ccc(SC(Sc2ccc([N+](=O)[O-])cc2)[C@H]2OC[C@@H](O)[C@@H](O)[C@@H]2O)cc1. The summed E-state index contributed by atoms with van der Waals surface area (Å²) in [5, 5.41) is 51.9. The van der Waals surface area contributed by atoms with Gasteiger partial charge in [0.15, 0.2) is 0 Å². The minimum absolute atomic E-state index is 0.0635. The van der Waals surface area contributed by atoms with Crippen molar-refractivity contribution in [3.63, 3.8) is 0 Å². The van der Waals surface area contributed by atoms with Gasteiger partial charge >= 0.3 is 0 Å². The fourth-order valence-corrected chi connectivity index (χ4v) is 5.52. The zero-order valence-corrected chi connectivity index (χ0v) is 16.9. The van der Waals surface area contributed by atoms with Gasteiger partial charge in [0.1, 0.15) is 24.4 Å². The zero-order valence-electron chi connectivity index (χ0n) is 15.3. The monoisotopic (exact) mass is 454 g/mol.